The maximum Gasteiger partial charge on any atom is 0.306 e. The van der Waals surface area contributed by atoms with Crippen LogP contribution < -0.4 is 0 Å². The highest BCUT2D eigenvalue weighted by Gasteiger charge is 2.20. The molecule has 0 saturated carbocycles. The number of hydrogen-bond donors (Lipinski definition) is 0. The minimum absolute atomic E-state index is 0.0183. The van der Waals surface area contributed by atoms with Crippen LogP contribution in [0.5, 0.6) is 0 Å². The van der Waals surface area contributed by atoms with Gasteiger partial charge in [0.1, 0.15) is 0 Å². The van der Waals surface area contributed by atoms with Crippen LogP contribution in [0.25, 0.3) is 0 Å². The van der Waals surface area contributed by atoms with Crippen LogP contribution in [-0.4, -0.2) is 23.6 Å². The molecule has 1 aliphatic rings. The third kappa shape index (κ3) is 3.48. The molecule has 70 valence electrons. The topological polar surface area (TPSA) is 26.3 Å². The highest BCUT2D eigenvalue weighted by molar-refractivity contribution is 7.99. The number of carbonyl (C=O) groups is 1. The maximum absolute atomic E-state index is 10.9. The molecule has 0 bridgehead atoms. The Morgan fingerprint density at radius 1 is 1.67 bits per heavy atom. The standard InChI is InChI=1S/C9H16O2S/c1-2-3-6-12-8-4-5-11-9(10)7-8/h8H,2-7H2,1H3. The molecule has 3 heteroatoms. The molecule has 0 spiro atoms. The van der Waals surface area contributed by atoms with Crippen LogP contribution in [0.2, 0.25) is 0 Å². The predicted octanol–water partition coefficient (Wildman–Crippen LogP) is 2.23. The fourth-order valence-corrected chi connectivity index (χ4v) is 2.49. The first kappa shape index (κ1) is 9.90. The second-order valence-electron chi connectivity index (χ2n) is 3.06. The molecule has 2 nitrogen and oxygen atoms in total. The first-order valence-electron chi connectivity index (χ1n) is 4.60. The zero-order valence-corrected chi connectivity index (χ0v) is 8.36. The van der Waals surface area contributed by atoms with Crippen LogP contribution in [0.1, 0.15) is 32.6 Å². The molecule has 1 fully saturated rings. The van der Waals surface area contributed by atoms with Gasteiger partial charge in [-0.3, -0.25) is 4.79 Å². The third-order valence-corrected chi connectivity index (χ3v) is 3.35. The van der Waals surface area contributed by atoms with Gasteiger partial charge in [-0.25, -0.2) is 0 Å². The SMILES string of the molecule is CCCCSC1CCOC(=O)C1. The fourth-order valence-electron chi connectivity index (χ4n) is 1.19. The van der Waals surface area contributed by atoms with Gasteiger partial charge in [-0.1, -0.05) is 13.3 Å². The van der Waals surface area contributed by atoms with Crippen molar-refractivity contribution >= 4 is 17.7 Å². The van der Waals surface area contributed by atoms with Crippen molar-refractivity contribution in [3.8, 4) is 0 Å². The molecule has 1 heterocycles. The number of carbonyl (C=O) groups excluding carboxylic acids is 1. The molecule has 0 radical (unpaired) electrons. The van der Waals surface area contributed by atoms with Crippen LogP contribution in [-0.2, 0) is 9.53 Å². The summed E-state index contributed by atoms with van der Waals surface area (Å²) < 4.78 is 4.86. The molecule has 1 atom stereocenters. The second-order valence-corrected chi connectivity index (χ2v) is 4.47. The van der Waals surface area contributed by atoms with E-state index in [4.69, 9.17) is 4.74 Å². The predicted molar refractivity (Wildman–Crippen MR) is 51.3 cm³/mol. The number of hydrogen-bond acceptors (Lipinski definition) is 3. The highest BCUT2D eigenvalue weighted by Crippen LogP contribution is 2.23. The molecule has 0 amide bonds. The molecular weight excluding hydrogens is 172 g/mol. The zero-order valence-electron chi connectivity index (χ0n) is 7.54. The first-order valence-corrected chi connectivity index (χ1v) is 5.65. The van der Waals surface area contributed by atoms with Gasteiger partial charge >= 0.3 is 5.97 Å². The average molecular weight is 188 g/mol. The Labute approximate surface area is 78.1 Å². The van der Waals surface area contributed by atoms with E-state index in [1.54, 1.807) is 0 Å². The summed E-state index contributed by atoms with van der Waals surface area (Å²) in [6.07, 6.45) is 4.16. The Balaban J connectivity index is 2.10. The summed E-state index contributed by atoms with van der Waals surface area (Å²) >= 11 is 1.92. The van der Waals surface area contributed by atoms with Crippen molar-refractivity contribution in [2.45, 2.75) is 37.9 Å². The van der Waals surface area contributed by atoms with Crippen LogP contribution >= 0.6 is 11.8 Å². The Bertz CT molecular complexity index is 147. The van der Waals surface area contributed by atoms with E-state index in [0.717, 1.165) is 6.42 Å². The van der Waals surface area contributed by atoms with Gasteiger partial charge in [-0.05, 0) is 18.6 Å². The monoisotopic (exact) mass is 188 g/mol. The van der Waals surface area contributed by atoms with Gasteiger partial charge in [-0.2, -0.15) is 11.8 Å². The van der Waals surface area contributed by atoms with E-state index in [2.05, 4.69) is 6.92 Å². The molecule has 0 N–H and O–H groups in total. The maximum atomic E-state index is 10.9. The molecule has 0 aromatic carbocycles. The van der Waals surface area contributed by atoms with E-state index in [0.29, 0.717) is 18.3 Å². The molecule has 1 unspecified atom stereocenters. The van der Waals surface area contributed by atoms with Crippen molar-refractivity contribution in [2.24, 2.45) is 0 Å². The second kappa shape index (κ2) is 5.46. The van der Waals surface area contributed by atoms with Crippen LogP contribution in [0.15, 0.2) is 0 Å². The van der Waals surface area contributed by atoms with E-state index in [9.17, 15) is 4.79 Å². The molecular formula is C9H16O2S. The molecule has 1 saturated heterocycles. The van der Waals surface area contributed by atoms with Gasteiger partial charge in [0.15, 0.2) is 0 Å². The summed E-state index contributed by atoms with van der Waals surface area (Å²) in [5.74, 6) is 1.17. The molecule has 0 aliphatic carbocycles. The lowest BCUT2D eigenvalue weighted by molar-refractivity contribution is -0.146. The van der Waals surface area contributed by atoms with Crippen molar-refractivity contribution in [3.63, 3.8) is 0 Å². The molecule has 0 aromatic heterocycles. The summed E-state index contributed by atoms with van der Waals surface area (Å²) in [7, 11) is 0. The van der Waals surface area contributed by atoms with E-state index >= 15 is 0 Å². The minimum atomic E-state index is -0.0183. The van der Waals surface area contributed by atoms with Gasteiger partial charge < -0.3 is 4.74 Å². The van der Waals surface area contributed by atoms with Crippen LogP contribution in [0.3, 0.4) is 0 Å². The zero-order chi connectivity index (χ0) is 8.81. The quantitative estimate of drug-likeness (QED) is 0.500. The van der Waals surface area contributed by atoms with Crippen molar-refractivity contribution in [2.75, 3.05) is 12.4 Å². The Kier molecular flexibility index (Phi) is 4.51. The lowest BCUT2D eigenvalue weighted by atomic mass is 10.2. The summed E-state index contributed by atoms with van der Waals surface area (Å²) in [6, 6.07) is 0. The summed E-state index contributed by atoms with van der Waals surface area (Å²) in [5.41, 5.74) is 0. The van der Waals surface area contributed by atoms with E-state index in [1.165, 1.54) is 18.6 Å². The number of rotatable bonds is 4. The third-order valence-electron chi connectivity index (χ3n) is 1.95. The van der Waals surface area contributed by atoms with Gasteiger partial charge in [0.05, 0.1) is 13.0 Å². The number of esters is 1. The van der Waals surface area contributed by atoms with E-state index in [-0.39, 0.29) is 5.97 Å². The lowest BCUT2D eigenvalue weighted by Crippen LogP contribution is -2.22. The number of unbranched alkanes of at least 4 members (excludes halogenated alkanes) is 1. The Morgan fingerprint density at radius 3 is 3.17 bits per heavy atom. The van der Waals surface area contributed by atoms with Gasteiger partial charge in [0, 0.05) is 5.25 Å². The normalized spacial score (nSPS) is 23.8. The van der Waals surface area contributed by atoms with Gasteiger partial charge in [0.2, 0.25) is 0 Å². The van der Waals surface area contributed by atoms with Crippen molar-refractivity contribution in [1.29, 1.82) is 0 Å². The molecule has 12 heavy (non-hydrogen) atoms. The lowest BCUT2D eigenvalue weighted by Gasteiger charge is -2.20. The number of ether oxygens (including phenoxy) is 1. The van der Waals surface area contributed by atoms with E-state index < -0.39 is 0 Å². The summed E-state index contributed by atoms with van der Waals surface area (Å²) in [6.45, 7) is 2.82. The Hall–Kier alpha value is -0.180. The number of thioether (sulfide) groups is 1. The number of cyclic esters (lactones) is 1. The smallest absolute Gasteiger partial charge is 0.306 e. The molecule has 1 aliphatic heterocycles. The molecule has 1 rings (SSSR count). The van der Waals surface area contributed by atoms with Crippen molar-refractivity contribution in [3.05, 3.63) is 0 Å². The van der Waals surface area contributed by atoms with E-state index in [1.807, 2.05) is 11.8 Å². The summed E-state index contributed by atoms with van der Waals surface area (Å²) in [4.78, 5) is 10.9. The van der Waals surface area contributed by atoms with Crippen molar-refractivity contribution < 1.29 is 9.53 Å². The van der Waals surface area contributed by atoms with Crippen LogP contribution in [0.4, 0.5) is 0 Å². The molecule has 0 aromatic rings. The first-order chi connectivity index (χ1) is 5.83. The Morgan fingerprint density at radius 2 is 2.50 bits per heavy atom. The van der Waals surface area contributed by atoms with Crippen LogP contribution in [0, 0.1) is 0 Å². The summed E-state index contributed by atoms with van der Waals surface area (Å²) in [5, 5.41) is 0.526. The minimum Gasteiger partial charge on any atom is -0.466 e. The fraction of sp³-hybridized carbons (Fsp3) is 0.889. The average Bonchev–Trinajstić information content (AvgIpc) is 2.05. The van der Waals surface area contributed by atoms with Gasteiger partial charge in [-0.15, -0.1) is 0 Å². The largest absolute Gasteiger partial charge is 0.466 e. The van der Waals surface area contributed by atoms with Gasteiger partial charge in [0.25, 0.3) is 0 Å². The highest BCUT2D eigenvalue weighted by atomic mass is 32.2. The van der Waals surface area contributed by atoms with Crippen molar-refractivity contribution in [1.82, 2.24) is 0 Å².